The molecule has 6 nitrogen and oxygen atoms in total. The second-order valence-electron chi connectivity index (χ2n) is 7.27. The van der Waals surface area contributed by atoms with E-state index in [-0.39, 0.29) is 29.9 Å². The fourth-order valence-corrected chi connectivity index (χ4v) is 2.64. The van der Waals surface area contributed by atoms with Crippen LogP contribution in [0.2, 0.25) is 0 Å². The van der Waals surface area contributed by atoms with Gasteiger partial charge in [0.15, 0.2) is 5.96 Å². The number of hydrogen-bond acceptors (Lipinski definition) is 3. The summed E-state index contributed by atoms with van der Waals surface area (Å²) in [6.45, 7) is 6.82. The fraction of sp³-hybridized carbons (Fsp3) is 0.364. The number of aryl methyl sites for hydroxylation is 1. The van der Waals surface area contributed by atoms with Gasteiger partial charge in [0.2, 0.25) is 5.91 Å². The minimum absolute atomic E-state index is 0. The zero-order valence-corrected chi connectivity index (χ0v) is 20.0. The zero-order valence-electron chi connectivity index (χ0n) is 17.7. The Labute approximate surface area is 190 Å². The van der Waals surface area contributed by atoms with Crippen molar-refractivity contribution >= 4 is 35.8 Å². The summed E-state index contributed by atoms with van der Waals surface area (Å²) in [7, 11) is 3.35. The summed E-state index contributed by atoms with van der Waals surface area (Å²) in [5.74, 6) is 2.21. The van der Waals surface area contributed by atoms with Crippen molar-refractivity contribution in [1.82, 2.24) is 16.0 Å². The van der Waals surface area contributed by atoms with Crippen LogP contribution in [0.1, 0.15) is 25.0 Å². The third kappa shape index (κ3) is 7.56. The molecular formula is C22H31IN4O2. The number of amides is 1. The van der Waals surface area contributed by atoms with Gasteiger partial charge < -0.3 is 20.7 Å². The molecule has 2 rings (SSSR count). The molecule has 158 valence electrons. The van der Waals surface area contributed by atoms with E-state index in [1.54, 1.807) is 14.1 Å². The lowest BCUT2D eigenvalue weighted by atomic mass is 9.92. The first-order chi connectivity index (χ1) is 13.4. The van der Waals surface area contributed by atoms with Crippen molar-refractivity contribution in [2.75, 3.05) is 20.6 Å². The lowest BCUT2D eigenvalue weighted by molar-refractivity contribution is -0.128. The zero-order chi connectivity index (χ0) is 20.6. The van der Waals surface area contributed by atoms with Gasteiger partial charge in [-0.05, 0) is 44.5 Å². The Hall–Kier alpha value is -2.29. The summed E-state index contributed by atoms with van der Waals surface area (Å²) in [6, 6.07) is 15.8. The van der Waals surface area contributed by atoms with Crippen molar-refractivity contribution < 1.29 is 9.53 Å². The highest BCUT2D eigenvalue weighted by Crippen LogP contribution is 2.26. The summed E-state index contributed by atoms with van der Waals surface area (Å²) in [5.41, 5.74) is 1.60. The van der Waals surface area contributed by atoms with E-state index >= 15 is 0 Å². The van der Waals surface area contributed by atoms with Crippen molar-refractivity contribution in [3.8, 4) is 11.5 Å². The molecule has 0 spiro atoms. The number of para-hydroxylation sites is 1. The molecule has 2 aromatic rings. The lowest BCUT2D eigenvalue weighted by Crippen LogP contribution is -2.47. The minimum atomic E-state index is -0.544. The normalized spacial score (nSPS) is 11.3. The second-order valence-corrected chi connectivity index (χ2v) is 7.27. The van der Waals surface area contributed by atoms with E-state index < -0.39 is 5.41 Å². The molecule has 2 aromatic carbocycles. The largest absolute Gasteiger partial charge is 0.457 e. The highest BCUT2D eigenvalue weighted by atomic mass is 127. The van der Waals surface area contributed by atoms with Crippen molar-refractivity contribution in [1.29, 1.82) is 0 Å². The van der Waals surface area contributed by atoms with Crippen molar-refractivity contribution in [2.24, 2.45) is 10.4 Å². The summed E-state index contributed by atoms with van der Waals surface area (Å²) >= 11 is 0. The number of aliphatic imine (C=N–C) groups is 1. The van der Waals surface area contributed by atoms with E-state index in [2.05, 4.69) is 27.0 Å². The highest BCUT2D eigenvalue weighted by Gasteiger charge is 2.26. The number of benzene rings is 2. The Bertz CT molecular complexity index is 823. The van der Waals surface area contributed by atoms with E-state index in [0.29, 0.717) is 19.0 Å². The average molecular weight is 510 g/mol. The number of carbonyl (C=O) groups is 1. The van der Waals surface area contributed by atoms with Crippen molar-refractivity contribution in [2.45, 2.75) is 27.3 Å². The Kier molecular flexibility index (Phi) is 9.94. The lowest BCUT2D eigenvalue weighted by Gasteiger charge is -2.24. The third-order valence-electron chi connectivity index (χ3n) is 4.40. The number of ether oxygens (including phenoxy) is 1. The quantitative estimate of drug-likeness (QED) is 0.301. The van der Waals surface area contributed by atoms with Crippen molar-refractivity contribution in [3.05, 3.63) is 59.7 Å². The van der Waals surface area contributed by atoms with Gasteiger partial charge in [-0.25, -0.2) is 0 Å². The fourth-order valence-electron chi connectivity index (χ4n) is 2.64. The molecular weight excluding hydrogens is 479 g/mol. The Morgan fingerprint density at radius 3 is 2.41 bits per heavy atom. The van der Waals surface area contributed by atoms with E-state index in [1.165, 1.54) is 0 Å². The van der Waals surface area contributed by atoms with Crippen molar-refractivity contribution in [3.63, 3.8) is 0 Å². The molecule has 3 N–H and O–H groups in total. The highest BCUT2D eigenvalue weighted by molar-refractivity contribution is 14.0. The van der Waals surface area contributed by atoms with E-state index in [0.717, 1.165) is 22.6 Å². The number of guanidine groups is 1. The second kappa shape index (κ2) is 11.6. The molecule has 0 aliphatic rings. The maximum absolute atomic E-state index is 11.9. The molecule has 0 aromatic heterocycles. The van der Waals surface area contributed by atoms with E-state index in [4.69, 9.17) is 4.74 Å². The van der Waals surface area contributed by atoms with Gasteiger partial charge in [0.05, 0.1) is 5.41 Å². The third-order valence-corrected chi connectivity index (χ3v) is 4.40. The molecule has 29 heavy (non-hydrogen) atoms. The molecule has 1 amide bonds. The van der Waals surface area contributed by atoms with Crippen LogP contribution in [0.3, 0.4) is 0 Å². The first-order valence-corrected chi connectivity index (χ1v) is 9.35. The molecule has 0 fully saturated rings. The molecule has 7 heteroatoms. The molecule has 0 saturated heterocycles. The van der Waals surface area contributed by atoms with Crippen LogP contribution in [0.15, 0.2) is 53.5 Å². The molecule has 0 saturated carbocycles. The maximum atomic E-state index is 11.9. The van der Waals surface area contributed by atoms with Crippen LogP contribution >= 0.6 is 24.0 Å². The van der Waals surface area contributed by atoms with Gasteiger partial charge in [0, 0.05) is 32.7 Å². The summed E-state index contributed by atoms with van der Waals surface area (Å²) in [6.07, 6.45) is 0. The van der Waals surface area contributed by atoms with Gasteiger partial charge in [-0.2, -0.15) is 0 Å². The van der Waals surface area contributed by atoms with Crippen LogP contribution < -0.4 is 20.7 Å². The summed E-state index contributed by atoms with van der Waals surface area (Å²) in [4.78, 5) is 16.2. The number of nitrogens with zero attached hydrogens (tertiary/aromatic N) is 1. The molecule has 0 aliphatic carbocycles. The SMILES string of the molecule is CN=C(NCc1ccc(C)cc1Oc1ccccc1)NCC(C)(C)C(=O)NC.I. The number of nitrogens with one attached hydrogen (secondary N) is 3. The predicted octanol–water partition coefficient (Wildman–Crippen LogP) is 3.84. The molecule has 0 unspecified atom stereocenters. The van der Waals surface area contributed by atoms with Crippen LogP contribution in [0.5, 0.6) is 11.5 Å². The first kappa shape index (κ1) is 24.7. The van der Waals surface area contributed by atoms with Crippen LogP contribution in [0.25, 0.3) is 0 Å². The molecule has 0 heterocycles. The number of hydrogen-bond donors (Lipinski definition) is 3. The Morgan fingerprint density at radius 1 is 1.10 bits per heavy atom. The smallest absolute Gasteiger partial charge is 0.227 e. The van der Waals surface area contributed by atoms with Gasteiger partial charge >= 0.3 is 0 Å². The maximum Gasteiger partial charge on any atom is 0.227 e. The average Bonchev–Trinajstić information content (AvgIpc) is 2.69. The van der Waals surface area contributed by atoms with Crippen LogP contribution in [0.4, 0.5) is 0 Å². The van der Waals surface area contributed by atoms with Gasteiger partial charge in [-0.15, -0.1) is 24.0 Å². The molecule has 0 radical (unpaired) electrons. The summed E-state index contributed by atoms with van der Waals surface area (Å²) < 4.78 is 6.06. The van der Waals surface area contributed by atoms with Gasteiger partial charge in [-0.1, -0.05) is 30.3 Å². The Balaban J connectivity index is 0.00000420. The number of rotatable bonds is 7. The van der Waals surface area contributed by atoms with Crippen LogP contribution in [-0.4, -0.2) is 32.5 Å². The van der Waals surface area contributed by atoms with Gasteiger partial charge in [0.25, 0.3) is 0 Å². The minimum Gasteiger partial charge on any atom is -0.457 e. The molecule has 0 bridgehead atoms. The topological polar surface area (TPSA) is 74.8 Å². The molecule has 0 atom stereocenters. The number of carbonyl (C=O) groups excluding carboxylic acids is 1. The predicted molar refractivity (Wildman–Crippen MR) is 129 cm³/mol. The van der Waals surface area contributed by atoms with Gasteiger partial charge in [-0.3, -0.25) is 9.79 Å². The first-order valence-electron chi connectivity index (χ1n) is 9.35. The summed E-state index contributed by atoms with van der Waals surface area (Å²) in [5, 5.41) is 9.19. The van der Waals surface area contributed by atoms with Gasteiger partial charge in [0.1, 0.15) is 11.5 Å². The Morgan fingerprint density at radius 2 is 1.79 bits per heavy atom. The standard InChI is InChI=1S/C22H30N4O2.HI/c1-16-11-12-17(19(13-16)28-18-9-7-6-8-10-18)14-25-21(24-5)26-15-22(2,3)20(27)23-4;/h6-13H,14-15H2,1-5H3,(H,23,27)(H2,24,25,26);1H. The van der Waals surface area contributed by atoms with E-state index in [1.807, 2.05) is 63.2 Å². The number of halogens is 1. The molecule has 0 aliphatic heterocycles. The van der Waals surface area contributed by atoms with Crippen LogP contribution in [0, 0.1) is 12.3 Å². The van der Waals surface area contributed by atoms with Crippen LogP contribution in [-0.2, 0) is 11.3 Å². The van der Waals surface area contributed by atoms with E-state index in [9.17, 15) is 4.79 Å². The monoisotopic (exact) mass is 510 g/mol.